The number of imidazole rings is 1. The average Bonchev–Trinajstić information content (AvgIpc) is 3.32. The number of thiazole rings is 1. The smallest absolute Gasteiger partial charge is 0.274 e. The number of likely N-dealkylation sites (N-methyl/N-ethyl adjacent to an activating group) is 1. The van der Waals surface area contributed by atoms with Gasteiger partial charge in [-0.05, 0) is 26.3 Å². The van der Waals surface area contributed by atoms with Crippen molar-refractivity contribution in [2.45, 2.75) is 51.1 Å². The van der Waals surface area contributed by atoms with Crippen molar-refractivity contribution in [3.63, 3.8) is 0 Å². The minimum absolute atomic E-state index is 0.105. The van der Waals surface area contributed by atoms with E-state index in [2.05, 4.69) is 16.3 Å². The molecule has 7 heteroatoms. The first-order chi connectivity index (χ1) is 12.7. The molecule has 2 aliphatic rings. The van der Waals surface area contributed by atoms with Gasteiger partial charge in [-0.25, -0.2) is 4.98 Å². The molecule has 0 aromatic carbocycles. The zero-order valence-corrected chi connectivity index (χ0v) is 16.3. The van der Waals surface area contributed by atoms with Gasteiger partial charge in [0.05, 0.1) is 12.3 Å². The Kier molecular flexibility index (Phi) is 5.57. The summed E-state index contributed by atoms with van der Waals surface area (Å²) in [5.41, 5.74) is 1.66. The number of likely N-dealkylation sites (tertiary alicyclic amines) is 1. The highest BCUT2D eigenvalue weighted by atomic mass is 32.1. The molecule has 2 fully saturated rings. The highest BCUT2D eigenvalue weighted by molar-refractivity contribution is 7.15. The summed E-state index contributed by atoms with van der Waals surface area (Å²) < 4.78 is 7.62. The third kappa shape index (κ3) is 3.66. The minimum atomic E-state index is 0.105. The lowest BCUT2D eigenvalue weighted by Crippen LogP contribution is -2.36. The quantitative estimate of drug-likeness (QED) is 0.823. The second-order valence-electron chi connectivity index (χ2n) is 7.46. The number of hydrogen-bond donors (Lipinski definition) is 0. The second-order valence-corrected chi connectivity index (χ2v) is 8.33. The Labute approximate surface area is 158 Å². The first-order valence-electron chi connectivity index (χ1n) is 9.76. The van der Waals surface area contributed by atoms with E-state index in [0.29, 0.717) is 11.7 Å². The van der Waals surface area contributed by atoms with Crippen LogP contribution in [0.5, 0.6) is 0 Å². The molecule has 2 aromatic heterocycles. The molecule has 26 heavy (non-hydrogen) atoms. The molecule has 0 bridgehead atoms. The highest BCUT2D eigenvalue weighted by Crippen LogP contribution is 2.23. The van der Waals surface area contributed by atoms with Gasteiger partial charge in [-0.1, -0.05) is 19.3 Å². The van der Waals surface area contributed by atoms with Crippen molar-refractivity contribution in [3.05, 3.63) is 23.0 Å². The fraction of sp³-hybridized carbons (Fsp3) is 0.684. The van der Waals surface area contributed by atoms with Gasteiger partial charge in [-0.15, -0.1) is 11.3 Å². The maximum atomic E-state index is 13.3. The van der Waals surface area contributed by atoms with Crippen LogP contribution >= 0.6 is 11.3 Å². The molecule has 0 aliphatic carbocycles. The summed E-state index contributed by atoms with van der Waals surface area (Å²) in [7, 11) is 2.12. The molecule has 0 radical (unpaired) electrons. The van der Waals surface area contributed by atoms with E-state index in [0.717, 1.165) is 62.8 Å². The summed E-state index contributed by atoms with van der Waals surface area (Å²) in [6.45, 7) is 4.04. The van der Waals surface area contributed by atoms with Crippen LogP contribution in [-0.4, -0.2) is 64.5 Å². The predicted molar refractivity (Wildman–Crippen MR) is 103 cm³/mol. The van der Waals surface area contributed by atoms with Crippen LogP contribution in [0.15, 0.2) is 11.6 Å². The van der Waals surface area contributed by atoms with Crippen LogP contribution < -0.4 is 0 Å². The lowest BCUT2D eigenvalue weighted by molar-refractivity contribution is 0.0734. The Hall–Kier alpha value is -1.44. The van der Waals surface area contributed by atoms with Crippen molar-refractivity contribution < 1.29 is 9.53 Å². The largest absolute Gasteiger partial charge is 0.380 e. The Bertz CT molecular complexity index is 742. The monoisotopic (exact) mass is 376 g/mol. The van der Waals surface area contributed by atoms with Crippen LogP contribution in [0.2, 0.25) is 0 Å². The Morgan fingerprint density at radius 2 is 2.08 bits per heavy atom. The van der Waals surface area contributed by atoms with Gasteiger partial charge < -0.3 is 9.64 Å². The van der Waals surface area contributed by atoms with Gasteiger partial charge in [-0.2, -0.15) is 0 Å². The van der Waals surface area contributed by atoms with Crippen LogP contribution in [-0.2, 0) is 11.3 Å². The molecule has 1 unspecified atom stereocenters. The third-order valence-electron chi connectivity index (χ3n) is 5.64. The maximum absolute atomic E-state index is 13.3. The minimum Gasteiger partial charge on any atom is -0.380 e. The SMILES string of the molecule is CN(Cc1c(C(=O)N2CCCCCCC2)nc2sccn12)C1CCOC1. The molecule has 2 saturated heterocycles. The molecule has 6 nitrogen and oxygen atoms in total. The number of rotatable bonds is 4. The van der Waals surface area contributed by atoms with E-state index in [1.165, 1.54) is 19.3 Å². The molecule has 1 amide bonds. The molecule has 142 valence electrons. The van der Waals surface area contributed by atoms with E-state index in [9.17, 15) is 4.79 Å². The molecule has 4 heterocycles. The molecule has 1 atom stereocenters. The van der Waals surface area contributed by atoms with E-state index in [1.807, 2.05) is 16.5 Å². The molecule has 0 saturated carbocycles. The molecule has 2 aliphatic heterocycles. The first-order valence-corrected chi connectivity index (χ1v) is 10.6. The highest BCUT2D eigenvalue weighted by Gasteiger charge is 2.28. The number of carbonyl (C=O) groups is 1. The lowest BCUT2D eigenvalue weighted by atomic mass is 10.1. The van der Waals surface area contributed by atoms with Gasteiger partial charge in [0.15, 0.2) is 10.7 Å². The summed E-state index contributed by atoms with van der Waals surface area (Å²) >= 11 is 1.59. The van der Waals surface area contributed by atoms with Gasteiger partial charge in [0.1, 0.15) is 0 Å². The predicted octanol–water partition coefficient (Wildman–Crippen LogP) is 3.02. The van der Waals surface area contributed by atoms with Crippen molar-refractivity contribution in [1.29, 1.82) is 0 Å². The fourth-order valence-electron chi connectivity index (χ4n) is 3.99. The second kappa shape index (κ2) is 8.06. The van der Waals surface area contributed by atoms with E-state index in [-0.39, 0.29) is 5.91 Å². The topological polar surface area (TPSA) is 50.1 Å². The van der Waals surface area contributed by atoms with Gasteiger partial charge in [0.25, 0.3) is 5.91 Å². The number of nitrogens with zero attached hydrogens (tertiary/aromatic N) is 4. The zero-order valence-electron chi connectivity index (χ0n) is 15.5. The van der Waals surface area contributed by atoms with E-state index in [1.54, 1.807) is 11.3 Å². The van der Waals surface area contributed by atoms with Gasteiger partial charge >= 0.3 is 0 Å². The van der Waals surface area contributed by atoms with Crippen molar-refractivity contribution >= 4 is 22.2 Å². The van der Waals surface area contributed by atoms with Crippen molar-refractivity contribution in [1.82, 2.24) is 19.2 Å². The third-order valence-corrected chi connectivity index (χ3v) is 6.39. The number of amides is 1. The van der Waals surface area contributed by atoms with E-state index >= 15 is 0 Å². The summed E-state index contributed by atoms with van der Waals surface area (Å²) in [5, 5.41) is 2.04. The normalized spacial score (nSPS) is 22.1. The number of aromatic nitrogens is 2. The van der Waals surface area contributed by atoms with Gasteiger partial charge in [0, 0.05) is 43.9 Å². The summed E-state index contributed by atoms with van der Waals surface area (Å²) in [4.78, 5) is 23.2. The number of fused-ring (bicyclic) bond motifs is 1. The molecular weight excluding hydrogens is 348 g/mol. The van der Waals surface area contributed by atoms with Gasteiger partial charge in [-0.3, -0.25) is 14.1 Å². The number of carbonyl (C=O) groups excluding carboxylic acids is 1. The van der Waals surface area contributed by atoms with E-state index < -0.39 is 0 Å². The molecular formula is C19H28N4O2S. The van der Waals surface area contributed by atoms with Crippen LogP contribution in [0, 0.1) is 0 Å². The standard InChI is InChI=1S/C19H28N4O2S/c1-21(15-7-11-25-14-15)13-16-17(20-19-23(16)10-12-26-19)18(24)22-8-5-3-2-4-6-9-22/h10,12,15H,2-9,11,13-14H2,1H3. The van der Waals surface area contributed by atoms with Crippen molar-refractivity contribution in [2.24, 2.45) is 0 Å². The van der Waals surface area contributed by atoms with Crippen molar-refractivity contribution in [3.8, 4) is 0 Å². The summed E-state index contributed by atoms with van der Waals surface area (Å²) in [6, 6.07) is 0.420. The zero-order chi connectivity index (χ0) is 17.9. The average molecular weight is 377 g/mol. The van der Waals surface area contributed by atoms with Crippen LogP contribution in [0.1, 0.15) is 54.7 Å². The Morgan fingerprint density at radius 1 is 1.31 bits per heavy atom. The summed E-state index contributed by atoms with van der Waals surface area (Å²) in [5.74, 6) is 0.105. The molecule has 4 rings (SSSR count). The molecule has 0 spiro atoms. The number of ether oxygens (including phenoxy) is 1. The fourth-order valence-corrected chi connectivity index (χ4v) is 4.72. The summed E-state index contributed by atoms with van der Waals surface area (Å²) in [6.07, 6.45) is 9.02. The van der Waals surface area contributed by atoms with Crippen LogP contribution in [0.4, 0.5) is 0 Å². The maximum Gasteiger partial charge on any atom is 0.274 e. The molecule has 2 aromatic rings. The molecule has 0 N–H and O–H groups in total. The van der Waals surface area contributed by atoms with Gasteiger partial charge in [0.2, 0.25) is 0 Å². The van der Waals surface area contributed by atoms with Crippen molar-refractivity contribution in [2.75, 3.05) is 33.4 Å². The Morgan fingerprint density at radius 3 is 2.81 bits per heavy atom. The van der Waals surface area contributed by atoms with E-state index in [4.69, 9.17) is 9.72 Å². The van der Waals surface area contributed by atoms with Crippen LogP contribution in [0.3, 0.4) is 0 Å². The number of hydrogen-bond acceptors (Lipinski definition) is 5. The first kappa shape index (κ1) is 17.9. The van der Waals surface area contributed by atoms with Crippen LogP contribution in [0.25, 0.3) is 4.96 Å². The Balaban J connectivity index is 1.59. The lowest BCUT2D eigenvalue weighted by Gasteiger charge is -2.26.